The number of ether oxygens (including phenoxy) is 1. The van der Waals surface area contributed by atoms with Crippen molar-refractivity contribution in [2.75, 3.05) is 6.61 Å². The lowest BCUT2D eigenvalue weighted by Crippen LogP contribution is -2.76. The van der Waals surface area contributed by atoms with Gasteiger partial charge in [0.25, 0.3) is 5.92 Å². The smallest absolute Gasteiger partial charge is 0.422 e. The highest BCUT2D eigenvalue weighted by atomic mass is 19.4. The topological polar surface area (TPSA) is 86.0 Å². The Kier molecular flexibility index (Phi) is 5.32. The van der Waals surface area contributed by atoms with Gasteiger partial charge in [0.05, 0.1) is 0 Å². The number of halogens is 7. The third kappa shape index (κ3) is 3.69. The fourth-order valence-corrected chi connectivity index (χ4v) is 5.45. The molecule has 36 heavy (non-hydrogen) atoms. The zero-order valence-electron chi connectivity index (χ0n) is 18.3. The molecule has 0 saturated heterocycles. The molecular weight excluding hydrogens is 499 g/mol. The summed E-state index contributed by atoms with van der Waals surface area (Å²) in [5, 5.41) is 21.9. The van der Waals surface area contributed by atoms with Crippen LogP contribution in [0.25, 0.3) is 0 Å². The Morgan fingerprint density at radius 3 is 2.31 bits per heavy atom. The van der Waals surface area contributed by atoms with E-state index < -0.39 is 58.9 Å². The third-order valence-corrected chi connectivity index (χ3v) is 7.09. The lowest BCUT2D eigenvalue weighted by Gasteiger charge is -2.74. The summed E-state index contributed by atoms with van der Waals surface area (Å²) < 4.78 is 102. The quantitative estimate of drug-likeness (QED) is 0.456. The van der Waals surface area contributed by atoms with Crippen molar-refractivity contribution in [1.82, 2.24) is 25.2 Å². The van der Waals surface area contributed by atoms with Crippen LogP contribution in [0.15, 0.2) is 42.9 Å². The molecule has 1 atom stereocenters. The minimum Gasteiger partial charge on any atom is -0.468 e. The van der Waals surface area contributed by atoms with Gasteiger partial charge in [-0.2, -0.15) is 18.0 Å². The van der Waals surface area contributed by atoms with Crippen LogP contribution in [0.4, 0.5) is 30.7 Å². The van der Waals surface area contributed by atoms with Crippen LogP contribution in [0.3, 0.4) is 0 Å². The van der Waals surface area contributed by atoms with Crippen molar-refractivity contribution in [2.45, 2.75) is 48.9 Å². The van der Waals surface area contributed by atoms with Gasteiger partial charge < -0.3 is 9.84 Å². The zero-order chi connectivity index (χ0) is 26.0. The number of rotatable bonds is 8. The standard InChI is InChI=1S/C22H18F7N5O2/c23-14-2-3-15(16(24)5-14)20(35,10-34-32-12-31-33-34)22(28,29)19-7-18(8-19,9-19)13-1-4-17(30-6-13)36-11-21(25,26)27/h1-6,12,35H,7-11H2. The van der Waals surface area contributed by atoms with Crippen molar-refractivity contribution in [3.63, 3.8) is 0 Å². The Balaban J connectivity index is 1.39. The van der Waals surface area contributed by atoms with Crippen molar-refractivity contribution in [1.29, 1.82) is 0 Å². The maximum atomic E-state index is 16.1. The predicted octanol–water partition coefficient (Wildman–Crippen LogP) is 3.93. The maximum absolute atomic E-state index is 16.1. The van der Waals surface area contributed by atoms with Crippen molar-refractivity contribution >= 4 is 0 Å². The van der Waals surface area contributed by atoms with E-state index in [0.29, 0.717) is 16.4 Å². The van der Waals surface area contributed by atoms with Gasteiger partial charge in [0.1, 0.15) is 18.2 Å². The average Bonchev–Trinajstić information content (AvgIpc) is 3.23. The van der Waals surface area contributed by atoms with Crippen LogP contribution in [-0.2, 0) is 17.6 Å². The molecule has 1 unspecified atom stereocenters. The lowest BCUT2D eigenvalue weighted by molar-refractivity contribution is -0.348. The first-order chi connectivity index (χ1) is 16.8. The van der Waals surface area contributed by atoms with Crippen LogP contribution in [0.5, 0.6) is 5.88 Å². The largest absolute Gasteiger partial charge is 0.468 e. The summed E-state index contributed by atoms with van der Waals surface area (Å²) in [6.45, 7) is -2.46. The number of hydrogen-bond donors (Lipinski definition) is 1. The summed E-state index contributed by atoms with van der Waals surface area (Å²) >= 11 is 0. The second-order valence-corrected chi connectivity index (χ2v) is 9.41. The summed E-state index contributed by atoms with van der Waals surface area (Å²) in [5.41, 5.74) is -5.83. The molecule has 1 aromatic carbocycles. The third-order valence-electron chi connectivity index (χ3n) is 7.09. The number of nitrogens with zero attached hydrogens (tertiary/aromatic N) is 5. The van der Waals surface area contributed by atoms with E-state index in [9.17, 15) is 27.1 Å². The van der Waals surface area contributed by atoms with E-state index in [0.717, 1.165) is 18.5 Å². The second-order valence-electron chi connectivity index (χ2n) is 9.41. The van der Waals surface area contributed by atoms with E-state index >= 15 is 8.78 Å². The van der Waals surface area contributed by atoms with Crippen LogP contribution in [0, 0.1) is 17.0 Å². The SMILES string of the molecule is OC(Cn1ncnn1)(c1ccc(F)cc1F)C(F)(F)C12CC(c3ccc(OCC(F)(F)F)nc3)(C1)C2. The first-order valence-electron chi connectivity index (χ1n) is 10.7. The number of tetrazole rings is 1. The summed E-state index contributed by atoms with van der Waals surface area (Å²) in [6, 6.07) is 4.63. The summed E-state index contributed by atoms with van der Waals surface area (Å²) in [6.07, 6.45) is -2.56. The molecule has 3 fully saturated rings. The van der Waals surface area contributed by atoms with E-state index in [1.807, 2.05) is 0 Å². The monoisotopic (exact) mass is 517 g/mol. The Bertz CT molecular complexity index is 1250. The van der Waals surface area contributed by atoms with Gasteiger partial charge in [0.2, 0.25) is 5.88 Å². The molecule has 0 spiro atoms. The number of aromatic nitrogens is 5. The molecule has 0 amide bonds. The molecule has 2 bridgehead atoms. The van der Waals surface area contributed by atoms with Crippen LogP contribution < -0.4 is 4.74 Å². The van der Waals surface area contributed by atoms with Gasteiger partial charge in [-0.05, 0) is 47.6 Å². The number of alkyl halides is 5. The Morgan fingerprint density at radius 2 is 1.75 bits per heavy atom. The average molecular weight is 517 g/mol. The molecule has 3 saturated carbocycles. The molecule has 2 heterocycles. The summed E-state index contributed by atoms with van der Waals surface area (Å²) in [5.74, 6) is -6.51. The minimum absolute atomic E-state index is 0.0899. The molecule has 3 aliphatic rings. The molecule has 192 valence electrons. The van der Waals surface area contributed by atoms with Crippen LogP contribution in [0.2, 0.25) is 0 Å². The molecule has 3 aromatic rings. The van der Waals surface area contributed by atoms with Gasteiger partial charge in [0, 0.05) is 29.3 Å². The highest BCUT2D eigenvalue weighted by Crippen LogP contribution is 2.80. The number of benzene rings is 1. The zero-order valence-corrected chi connectivity index (χ0v) is 18.3. The molecule has 1 N–H and O–H groups in total. The molecular formula is C22H18F7N5O2. The van der Waals surface area contributed by atoms with E-state index in [4.69, 9.17) is 0 Å². The van der Waals surface area contributed by atoms with Crippen molar-refractivity contribution in [3.05, 3.63) is 65.6 Å². The van der Waals surface area contributed by atoms with Crippen molar-refractivity contribution in [2.24, 2.45) is 5.41 Å². The number of pyridine rings is 1. The lowest BCUT2D eigenvalue weighted by atomic mass is 9.30. The van der Waals surface area contributed by atoms with Gasteiger partial charge in [-0.15, -0.1) is 10.2 Å². The Hall–Kier alpha value is -3.29. The van der Waals surface area contributed by atoms with Gasteiger partial charge in [0.15, 0.2) is 18.5 Å². The highest BCUT2D eigenvalue weighted by molar-refractivity contribution is 5.42. The van der Waals surface area contributed by atoms with Gasteiger partial charge in [-0.1, -0.05) is 6.07 Å². The molecule has 3 aliphatic carbocycles. The Labute approximate surface area is 198 Å². The van der Waals surface area contributed by atoms with Crippen LogP contribution in [0.1, 0.15) is 30.4 Å². The fraction of sp³-hybridized carbons (Fsp3) is 0.455. The van der Waals surface area contributed by atoms with Gasteiger partial charge in [-0.25, -0.2) is 22.5 Å². The maximum Gasteiger partial charge on any atom is 0.422 e. The molecule has 0 radical (unpaired) electrons. The second kappa shape index (κ2) is 7.85. The molecule has 7 nitrogen and oxygen atoms in total. The Morgan fingerprint density at radius 1 is 1.03 bits per heavy atom. The molecule has 2 aromatic heterocycles. The molecule has 6 rings (SSSR count). The van der Waals surface area contributed by atoms with E-state index in [2.05, 4.69) is 25.1 Å². The summed E-state index contributed by atoms with van der Waals surface area (Å²) in [7, 11) is 0. The van der Waals surface area contributed by atoms with Crippen molar-refractivity contribution in [3.8, 4) is 5.88 Å². The number of hydrogen-bond acceptors (Lipinski definition) is 6. The van der Waals surface area contributed by atoms with Gasteiger partial charge >= 0.3 is 6.18 Å². The van der Waals surface area contributed by atoms with Crippen molar-refractivity contribution < 1.29 is 40.6 Å². The van der Waals surface area contributed by atoms with Gasteiger partial charge in [-0.3, -0.25) is 0 Å². The van der Waals surface area contributed by atoms with Crippen LogP contribution >= 0.6 is 0 Å². The highest BCUT2D eigenvalue weighted by Gasteiger charge is 2.82. The van der Waals surface area contributed by atoms with E-state index in [-0.39, 0.29) is 25.1 Å². The first kappa shape index (κ1) is 24.4. The molecule has 14 heteroatoms. The fourth-order valence-electron chi connectivity index (χ4n) is 5.45. The van der Waals surface area contributed by atoms with E-state index in [1.54, 1.807) is 0 Å². The summed E-state index contributed by atoms with van der Waals surface area (Å²) in [4.78, 5) is 4.53. The minimum atomic E-state index is -4.53. The van der Waals surface area contributed by atoms with E-state index in [1.165, 1.54) is 18.3 Å². The first-order valence-corrected chi connectivity index (χ1v) is 10.7. The normalized spacial score (nSPS) is 25.0. The van der Waals surface area contributed by atoms with Crippen LogP contribution in [-0.4, -0.2) is 49.0 Å². The molecule has 0 aliphatic heterocycles. The number of aliphatic hydroxyl groups is 1. The predicted molar refractivity (Wildman–Crippen MR) is 107 cm³/mol.